The molecule has 0 saturated carbocycles. The number of amides is 1. The molecule has 0 radical (unpaired) electrons. The third kappa shape index (κ3) is 4.80. The molecule has 1 heterocycles. The first kappa shape index (κ1) is 16.9. The molecule has 22 heavy (non-hydrogen) atoms. The molecule has 0 aliphatic rings. The van der Waals surface area contributed by atoms with E-state index in [-0.39, 0.29) is 11.9 Å². The first-order valence-electron chi connectivity index (χ1n) is 6.97. The van der Waals surface area contributed by atoms with Crippen LogP contribution in [0.1, 0.15) is 17.2 Å². The molecule has 0 unspecified atom stereocenters. The van der Waals surface area contributed by atoms with Gasteiger partial charge in [0.25, 0.3) is 0 Å². The second kappa shape index (κ2) is 8.27. The van der Waals surface area contributed by atoms with E-state index < -0.39 is 0 Å². The molecule has 1 atom stereocenters. The molecule has 0 spiro atoms. The Kier molecular flexibility index (Phi) is 6.36. The molecule has 0 fully saturated rings. The van der Waals surface area contributed by atoms with E-state index in [2.05, 4.69) is 43.0 Å². The van der Waals surface area contributed by atoms with Crippen molar-refractivity contribution in [3.05, 3.63) is 62.8 Å². The summed E-state index contributed by atoms with van der Waals surface area (Å²) in [5.41, 5.74) is 2.21. The Morgan fingerprint density at radius 3 is 2.77 bits per heavy atom. The Labute approximate surface area is 143 Å². The summed E-state index contributed by atoms with van der Waals surface area (Å²) in [7, 11) is 4.04. The zero-order chi connectivity index (χ0) is 15.9. The normalized spacial score (nSPS) is 12.7. The summed E-state index contributed by atoms with van der Waals surface area (Å²) >= 11 is 5.14. The highest BCUT2D eigenvalue weighted by atomic mass is 79.9. The van der Waals surface area contributed by atoms with Gasteiger partial charge in [0.2, 0.25) is 5.91 Å². The monoisotopic (exact) mass is 378 g/mol. The van der Waals surface area contributed by atoms with Gasteiger partial charge in [0.05, 0.1) is 6.04 Å². The zero-order valence-corrected chi connectivity index (χ0v) is 15.0. The number of nitrogens with zero attached hydrogens (tertiary/aromatic N) is 1. The van der Waals surface area contributed by atoms with Crippen LogP contribution >= 0.6 is 27.3 Å². The van der Waals surface area contributed by atoms with Crippen molar-refractivity contribution in [3.8, 4) is 0 Å². The van der Waals surface area contributed by atoms with Crippen molar-refractivity contribution in [2.75, 3.05) is 20.6 Å². The lowest BCUT2D eigenvalue weighted by Crippen LogP contribution is -2.33. The topological polar surface area (TPSA) is 32.3 Å². The molecule has 1 amide bonds. The average molecular weight is 379 g/mol. The molecule has 2 aromatic rings. The van der Waals surface area contributed by atoms with Crippen LogP contribution in [0.15, 0.2) is 51.6 Å². The number of benzene rings is 1. The second-order valence-corrected chi connectivity index (χ2v) is 6.77. The molecular weight excluding hydrogens is 360 g/mol. The van der Waals surface area contributed by atoms with Gasteiger partial charge in [0.15, 0.2) is 0 Å². The minimum atomic E-state index is -0.0853. The lowest BCUT2D eigenvalue weighted by molar-refractivity contribution is -0.116. The fourth-order valence-corrected chi connectivity index (χ4v) is 3.22. The Morgan fingerprint density at radius 2 is 2.14 bits per heavy atom. The highest BCUT2D eigenvalue weighted by Crippen LogP contribution is 2.20. The predicted octanol–water partition coefficient (Wildman–Crippen LogP) is 3.94. The molecule has 0 aliphatic carbocycles. The molecule has 3 nitrogen and oxygen atoms in total. The van der Waals surface area contributed by atoms with Crippen molar-refractivity contribution >= 4 is 39.2 Å². The van der Waals surface area contributed by atoms with Gasteiger partial charge < -0.3 is 10.2 Å². The maximum Gasteiger partial charge on any atom is 0.244 e. The lowest BCUT2D eigenvalue weighted by atomic mass is 10.1. The fourth-order valence-electron chi connectivity index (χ4n) is 2.10. The van der Waals surface area contributed by atoms with Crippen LogP contribution in [-0.2, 0) is 4.79 Å². The number of hydrogen-bond donors (Lipinski definition) is 1. The highest BCUT2D eigenvalue weighted by molar-refractivity contribution is 9.10. The number of likely N-dealkylation sites (N-methyl/N-ethyl adjacent to an activating group) is 1. The summed E-state index contributed by atoms with van der Waals surface area (Å²) in [5.74, 6) is -0.0853. The van der Waals surface area contributed by atoms with Gasteiger partial charge in [-0.2, -0.15) is 11.3 Å². The van der Waals surface area contributed by atoms with Crippen LogP contribution in [0, 0.1) is 0 Å². The smallest absolute Gasteiger partial charge is 0.244 e. The first-order valence-corrected chi connectivity index (χ1v) is 8.70. The van der Waals surface area contributed by atoms with E-state index in [1.807, 2.05) is 44.4 Å². The van der Waals surface area contributed by atoms with Crippen molar-refractivity contribution in [2.45, 2.75) is 6.04 Å². The van der Waals surface area contributed by atoms with Crippen LogP contribution in [0.25, 0.3) is 6.08 Å². The Bertz CT molecular complexity index is 638. The predicted molar refractivity (Wildman–Crippen MR) is 96.9 cm³/mol. The van der Waals surface area contributed by atoms with Gasteiger partial charge in [0.1, 0.15) is 0 Å². The zero-order valence-electron chi connectivity index (χ0n) is 12.6. The molecule has 0 bridgehead atoms. The third-order valence-electron chi connectivity index (χ3n) is 3.34. The number of carbonyl (C=O) groups excluding carboxylic acids is 1. The number of halogens is 1. The van der Waals surface area contributed by atoms with Crippen LogP contribution in [0.3, 0.4) is 0 Å². The van der Waals surface area contributed by atoms with Gasteiger partial charge in [-0.3, -0.25) is 4.79 Å². The molecular formula is C17H19BrN2OS. The minimum Gasteiger partial charge on any atom is -0.351 e. The summed E-state index contributed by atoms with van der Waals surface area (Å²) in [6.45, 7) is 0.586. The summed E-state index contributed by atoms with van der Waals surface area (Å²) < 4.78 is 0.975. The van der Waals surface area contributed by atoms with Gasteiger partial charge in [-0.05, 0) is 54.2 Å². The van der Waals surface area contributed by atoms with Crippen LogP contribution < -0.4 is 5.32 Å². The van der Waals surface area contributed by atoms with E-state index in [1.54, 1.807) is 17.4 Å². The second-order valence-electron chi connectivity index (χ2n) is 5.14. The van der Waals surface area contributed by atoms with Gasteiger partial charge >= 0.3 is 0 Å². The number of thiophene rings is 1. The quantitative estimate of drug-likeness (QED) is 0.771. The minimum absolute atomic E-state index is 0.0853. The molecule has 5 heteroatoms. The van der Waals surface area contributed by atoms with Crippen LogP contribution in [0.5, 0.6) is 0 Å². The van der Waals surface area contributed by atoms with Crippen molar-refractivity contribution in [2.24, 2.45) is 0 Å². The molecule has 0 saturated heterocycles. The van der Waals surface area contributed by atoms with Crippen molar-refractivity contribution < 1.29 is 4.79 Å². The Balaban J connectivity index is 1.93. The van der Waals surface area contributed by atoms with Gasteiger partial charge in [-0.15, -0.1) is 0 Å². The number of hydrogen-bond acceptors (Lipinski definition) is 3. The number of nitrogens with one attached hydrogen (secondary N) is 1. The standard InChI is InChI=1S/C17H19BrN2OS/c1-20(2)16(14-9-10-22-12-14)11-19-17(21)8-7-13-5-3-4-6-15(13)18/h3-10,12,16H,11H2,1-2H3,(H,19,21)/b8-7+/t16-/m0/s1. The Morgan fingerprint density at radius 1 is 1.36 bits per heavy atom. The van der Waals surface area contributed by atoms with Crippen LogP contribution in [0.4, 0.5) is 0 Å². The van der Waals surface area contributed by atoms with E-state index in [4.69, 9.17) is 0 Å². The highest BCUT2D eigenvalue weighted by Gasteiger charge is 2.14. The molecule has 0 aliphatic heterocycles. The van der Waals surface area contributed by atoms with Crippen LogP contribution in [-0.4, -0.2) is 31.4 Å². The fraction of sp³-hybridized carbons (Fsp3) is 0.235. The largest absolute Gasteiger partial charge is 0.351 e. The first-order chi connectivity index (χ1) is 10.6. The third-order valence-corrected chi connectivity index (χ3v) is 4.76. The molecule has 1 aromatic carbocycles. The van der Waals surface area contributed by atoms with E-state index in [9.17, 15) is 4.79 Å². The maximum absolute atomic E-state index is 12.0. The van der Waals surface area contributed by atoms with Crippen molar-refractivity contribution in [1.29, 1.82) is 0 Å². The number of carbonyl (C=O) groups is 1. The Hall–Kier alpha value is -1.43. The molecule has 116 valence electrons. The summed E-state index contributed by atoms with van der Waals surface area (Å²) in [5, 5.41) is 7.14. The SMILES string of the molecule is CN(C)[C@@H](CNC(=O)/C=C/c1ccccc1Br)c1ccsc1. The van der Waals surface area contributed by atoms with Gasteiger partial charge in [0, 0.05) is 17.1 Å². The lowest BCUT2D eigenvalue weighted by Gasteiger charge is -2.23. The average Bonchev–Trinajstić information content (AvgIpc) is 3.00. The van der Waals surface area contributed by atoms with Crippen molar-refractivity contribution in [1.82, 2.24) is 10.2 Å². The van der Waals surface area contributed by atoms with Gasteiger partial charge in [-0.25, -0.2) is 0 Å². The van der Waals surface area contributed by atoms with E-state index in [1.165, 1.54) is 5.56 Å². The molecule has 1 aromatic heterocycles. The number of rotatable bonds is 6. The molecule has 1 N–H and O–H groups in total. The maximum atomic E-state index is 12.0. The summed E-state index contributed by atoms with van der Waals surface area (Å²) in [6, 6.07) is 10.1. The van der Waals surface area contributed by atoms with Gasteiger partial charge in [-0.1, -0.05) is 34.1 Å². The summed E-state index contributed by atoms with van der Waals surface area (Å²) in [4.78, 5) is 14.1. The van der Waals surface area contributed by atoms with Crippen molar-refractivity contribution in [3.63, 3.8) is 0 Å². The van der Waals surface area contributed by atoms with E-state index in [0.717, 1.165) is 10.0 Å². The van der Waals surface area contributed by atoms with E-state index >= 15 is 0 Å². The molecule has 2 rings (SSSR count). The summed E-state index contributed by atoms with van der Waals surface area (Å²) in [6.07, 6.45) is 3.38. The van der Waals surface area contributed by atoms with Crippen LogP contribution in [0.2, 0.25) is 0 Å². The van der Waals surface area contributed by atoms with E-state index in [0.29, 0.717) is 6.54 Å².